The number of hydrogen-bond acceptors (Lipinski definition) is 2. The molecule has 0 aromatic heterocycles. The summed E-state index contributed by atoms with van der Waals surface area (Å²) in [6.07, 6.45) is 0.309. The Hall–Kier alpha value is -2.69. The Balaban J connectivity index is 2.06. The van der Waals surface area contributed by atoms with Crippen LogP contribution in [0.5, 0.6) is 0 Å². The fourth-order valence-electron chi connectivity index (χ4n) is 2.61. The lowest BCUT2D eigenvalue weighted by Gasteiger charge is -2.20. The number of benzene rings is 2. The SMILES string of the molecule is Cc1ccc(CC(C)C(=O)NC(CC(=O)O)c2ccc(F)cc2)cc1. The first kappa shape index (κ1) is 18.6. The van der Waals surface area contributed by atoms with Gasteiger partial charge >= 0.3 is 5.97 Å². The van der Waals surface area contributed by atoms with Crippen molar-refractivity contribution in [2.24, 2.45) is 5.92 Å². The third kappa shape index (κ3) is 5.71. The number of carbonyl (C=O) groups excluding carboxylic acids is 1. The second-order valence-electron chi connectivity index (χ2n) is 6.30. The zero-order chi connectivity index (χ0) is 18.4. The van der Waals surface area contributed by atoms with Crippen LogP contribution in [0.1, 0.15) is 36.1 Å². The van der Waals surface area contributed by atoms with Crippen molar-refractivity contribution in [1.29, 1.82) is 0 Å². The highest BCUT2D eigenvalue weighted by atomic mass is 19.1. The van der Waals surface area contributed by atoms with Crippen molar-refractivity contribution in [3.05, 3.63) is 71.0 Å². The maximum Gasteiger partial charge on any atom is 0.305 e. The fraction of sp³-hybridized carbons (Fsp3) is 0.300. The van der Waals surface area contributed by atoms with Gasteiger partial charge in [0.1, 0.15) is 5.82 Å². The topological polar surface area (TPSA) is 66.4 Å². The summed E-state index contributed by atoms with van der Waals surface area (Å²) < 4.78 is 13.1. The van der Waals surface area contributed by atoms with E-state index < -0.39 is 17.8 Å². The van der Waals surface area contributed by atoms with Gasteiger partial charge in [-0.05, 0) is 36.6 Å². The summed E-state index contributed by atoms with van der Waals surface area (Å²) in [5, 5.41) is 11.9. The van der Waals surface area contributed by atoms with Crippen molar-refractivity contribution in [3.8, 4) is 0 Å². The Labute approximate surface area is 146 Å². The van der Waals surface area contributed by atoms with Gasteiger partial charge in [0.2, 0.25) is 5.91 Å². The van der Waals surface area contributed by atoms with E-state index in [1.54, 1.807) is 6.92 Å². The number of halogens is 1. The maximum absolute atomic E-state index is 13.1. The zero-order valence-corrected chi connectivity index (χ0v) is 14.3. The Kier molecular flexibility index (Phi) is 6.28. The molecule has 132 valence electrons. The average Bonchev–Trinajstić information content (AvgIpc) is 2.56. The molecule has 0 bridgehead atoms. The van der Waals surface area contributed by atoms with Crippen LogP contribution in [0.3, 0.4) is 0 Å². The molecular weight excluding hydrogens is 321 g/mol. The Morgan fingerprint density at radius 2 is 1.68 bits per heavy atom. The molecule has 0 spiro atoms. The molecule has 0 saturated heterocycles. The summed E-state index contributed by atoms with van der Waals surface area (Å²) in [6, 6.07) is 12.8. The van der Waals surface area contributed by atoms with Crippen LogP contribution in [0.25, 0.3) is 0 Å². The minimum atomic E-state index is -1.03. The predicted molar refractivity (Wildman–Crippen MR) is 93.6 cm³/mol. The number of hydrogen-bond donors (Lipinski definition) is 2. The van der Waals surface area contributed by atoms with Gasteiger partial charge in [0.05, 0.1) is 12.5 Å². The van der Waals surface area contributed by atoms with Gasteiger partial charge in [-0.3, -0.25) is 9.59 Å². The molecule has 2 aromatic carbocycles. The van der Waals surface area contributed by atoms with E-state index in [0.717, 1.165) is 11.1 Å². The Morgan fingerprint density at radius 1 is 1.08 bits per heavy atom. The minimum Gasteiger partial charge on any atom is -0.481 e. The van der Waals surface area contributed by atoms with Crippen LogP contribution in [0.15, 0.2) is 48.5 Å². The molecule has 1 amide bonds. The monoisotopic (exact) mass is 343 g/mol. The van der Waals surface area contributed by atoms with E-state index >= 15 is 0 Å². The number of nitrogens with one attached hydrogen (secondary N) is 1. The van der Waals surface area contributed by atoms with Crippen molar-refractivity contribution < 1.29 is 19.1 Å². The van der Waals surface area contributed by atoms with Crippen molar-refractivity contribution in [1.82, 2.24) is 5.32 Å². The van der Waals surface area contributed by atoms with E-state index in [1.165, 1.54) is 24.3 Å². The van der Waals surface area contributed by atoms with Crippen molar-refractivity contribution in [3.63, 3.8) is 0 Å². The number of carboxylic acid groups (broad SMARTS) is 1. The first-order valence-corrected chi connectivity index (χ1v) is 8.18. The highest BCUT2D eigenvalue weighted by Gasteiger charge is 2.21. The van der Waals surface area contributed by atoms with E-state index in [9.17, 15) is 14.0 Å². The number of aryl methyl sites for hydroxylation is 1. The van der Waals surface area contributed by atoms with Crippen LogP contribution < -0.4 is 5.32 Å². The normalized spacial score (nSPS) is 13.1. The molecule has 0 fully saturated rings. The van der Waals surface area contributed by atoms with Gasteiger partial charge in [0.15, 0.2) is 0 Å². The third-order valence-corrected chi connectivity index (χ3v) is 4.08. The van der Waals surface area contributed by atoms with Crippen LogP contribution in [-0.2, 0) is 16.0 Å². The molecule has 2 unspecified atom stereocenters. The lowest BCUT2D eigenvalue weighted by molar-refractivity contribution is -0.137. The fourth-order valence-corrected chi connectivity index (χ4v) is 2.61. The van der Waals surface area contributed by atoms with Crippen molar-refractivity contribution in [2.45, 2.75) is 32.7 Å². The largest absolute Gasteiger partial charge is 0.481 e. The molecule has 2 N–H and O–H groups in total. The number of rotatable bonds is 7. The molecule has 0 aliphatic rings. The Morgan fingerprint density at radius 3 is 2.24 bits per heavy atom. The van der Waals surface area contributed by atoms with Crippen LogP contribution in [-0.4, -0.2) is 17.0 Å². The molecule has 2 rings (SSSR count). The molecule has 0 aliphatic heterocycles. The molecular formula is C20H22FNO3. The van der Waals surface area contributed by atoms with E-state index in [1.807, 2.05) is 31.2 Å². The molecule has 2 atom stereocenters. The molecule has 0 saturated carbocycles. The van der Waals surface area contributed by atoms with E-state index in [2.05, 4.69) is 5.32 Å². The summed E-state index contributed by atoms with van der Waals surface area (Å²) in [5.41, 5.74) is 2.77. The Bertz CT molecular complexity index is 726. The van der Waals surface area contributed by atoms with Gasteiger partial charge in [-0.2, -0.15) is 0 Å². The van der Waals surface area contributed by atoms with Gasteiger partial charge in [-0.1, -0.05) is 48.9 Å². The molecule has 2 aromatic rings. The zero-order valence-electron chi connectivity index (χ0n) is 14.3. The number of amides is 1. The summed E-state index contributed by atoms with van der Waals surface area (Å²) in [7, 11) is 0. The second kappa shape index (κ2) is 8.42. The van der Waals surface area contributed by atoms with Crippen LogP contribution in [0, 0.1) is 18.7 Å². The van der Waals surface area contributed by atoms with E-state index in [4.69, 9.17) is 5.11 Å². The third-order valence-electron chi connectivity index (χ3n) is 4.08. The minimum absolute atomic E-state index is 0.226. The lowest BCUT2D eigenvalue weighted by Crippen LogP contribution is -2.34. The molecule has 5 heteroatoms. The highest BCUT2D eigenvalue weighted by molar-refractivity contribution is 5.80. The van der Waals surface area contributed by atoms with Gasteiger partial charge in [0, 0.05) is 5.92 Å². The smallest absolute Gasteiger partial charge is 0.305 e. The van der Waals surface area contributed by atoms with Crippen molar-refractivity contribution in [2.75, 3.05) is 0 Å². The van der Waals surface area contributed by atoms with Crippen molar-refractivity contribution >= 4 is 11.9 Å². The average molecular weight is 343 g/mol. The van der Waals surface area contributed by atoms with E-state index in [-0.39, 0.29) is 18.2 Å². The molecule has 25 heavy (non-hydrogen) atoms. The van der Waals surface area contributed by atoms with Gasteiger partial charge in [-0.15, -0.1) is 0 Å². The van der Waals surface area contributed by atoms with Gasteiger partial charge < -0.3 is 10.4 Å². The predicted octanol–water partition coefficient (Wildman–Crippen LogP) is 3.64. The first-order chi connectivity index (χ1) is 11.8. The van der Waals surface area contributed by atoms with Gasteiger partial charge in [0.25, 0.3) is 0 Å². The van der Waals surface area contributed by atoms with Crippen LogP contribution >= 0.6 is 0 Å². The second-order valence-corrected chi connectivity index (χ2v) is 6.30. The number of carboxylic acids is 1. The summed E-state index contributed by atoms with van der Waals surface area (Å²) in [4.78, 5) is 23.6. The summed E-state index contributed by atoms with van der Waals surface area (Å²) in [6.45, 7) is 3.80. The van der Waals surface area contributed by atoms with Crippen LogP contribution in [0.4, 0.5) is 4.39 Å². The summed E-state index contributed by atoms with van der Waals surface area (Å²) >= 11 is 0. The van der Waals surface area contributed by atoms with Crippen LogP contribution in [0.2, 0.25) is 0 Å². The molecule has 4 nitrogen and oxygen atoms in total. The number of aliphatic carboxylic acids is 1. The lowest BCUT2D eigenvalue weighted by atomic mass is 9.97. The highest BCUT2D eigenvalue weighted by Crippen LogP contribution is 2.19. The quantitative estimate of drug-likeness (QED) is 0.806. The van der Waals surface area contributed by atoms with Gasteiger partial charge in [-0.25, -0.2) is 4.39 Å². The standard InChI is InChI=1S/C20H22FNO3/c1-13-3-5-15(6-4-13)11-14(2)20(25)22-18(12-19(23)24)16-7-9-17(21)10-8-16/h3-10,14,18H,11-12H2,1-2H3,(H,22,25)(H,23,24). The summed E-state index contributed by atoms with van der Waals surface area (Å²) in [5.74, 6) is -1.96. The molecule has 0 radical (unpaired) electrons. The van der Waals surface area contributed by atoms with E-state index in [0.29, 0.717) is 12.0 Å². The number of carbonyl (C=O) groups is 2. The molecule has 0 aliphatic carbocycles. The maximum atomic E-state index is 13.1. The molecule has 0 heterocycles. The first-order valence-electron chi connectivity index (χ1n) is 8.18.